The number of fused-ring (bicyclic) bond motifs is 1. The molecule has 1 aromatic carbocycles. The number of carbonyl (C=O) groups excluding carboxylic acids is 1. The number of hydrogen-bond acceptors (Lipinski definition) is 3. The minimum atomic E-state index is -0.518. The molecule has 17 heavy (non-hydrogen) atoms. The first kappa shape index (κ1) is 10.8. The quantitative estimate of drug-likeness (QED) is 0.747. The third kappa shape index (κ3) is 1.35. The highest BCUT2D eigenvalue weighted by Crippen LogP contribution is 2.61. The summed E-state index contributed by atoms with van der Waals surface area (Å²) in [5.74, 6) is 0.185. The smallest absolute Gasteiger partial charge is 0.319 e. The lowest BCUT2D eigenvalue weighted by Gasteiger charge is -2.19. The average Bonchev–Trinajstić information content (AvgIpc) is 2.74. The number of carbonyl (C=O) groups is 1. The summed E-state index contributed by atoms with van der Waals surface area (Å²) in [6, 6.07) is 9.88. The number of hydrogen-bond donors (Lipinski definition) is 0. The van der Waals surface area contributed by atoms with E-state index in [1.807, 2.05) is 37.3 Å². The number of ether oxygens (including phenoxy) is 2. The maximum atomic E-state index is 12.2. The summed E-state index contributed by atoms with van der Waals surface area (Å²) >= 11 is 0. The Morgan fingerprint density at radius 3 is 2.82 bits per heavy atom. The molecule has 1 heterocycles. The molecule has 90 valence electrons. The largest absolute Gasteiger partial charge is 0.465 e. The van der Waals surface area contributed by atoms with Crippen molar-refractivity contribution >= 4 is 5.97 Å². The monoisotopic (exact) mass is 232 g/mol. The first-order valence-corrected chi connectivity index (χ1v) is 6.16. The maximum absolute atomic E-state index is 12.2. The molecule has 0 radical (unpaired) electrons. The van der Waals surface area contributed by atoms with Crippen LogP contribution in [0.15, 0.2) is 30.3 Å². The van der Waals surface area contributed by atoms with E-state index in [0.717, 1.165) is 18.6 Å². The molecule has 2 fully saturated rings. The van der Waals surface area contributed by atoms with E-state index in [1.54, 1.807) is 0 Å². The van der Waals surface area contributed by atoms with Gasteiger partial charge in [-0.15, -0.1) is 0 Å². The van der Waals surface area contributed by atoms with E-state index in [2.05, 4.69) is 0 Å². The van der Waals surface area contributed by atoms with Gasteiger partial charge in [-0.05, 0) is 18.9 Å². The van der Waals surface area contributed by atoms with Crippen molar-refractivity contribution in [2.45, 2.75) is 24.9 Å². The molecule has 3 nitrogen and oxygen atoms in total. The Morgan fingerprint density at radius 1 is 1.47 bits per heavy atom. The van der Waals surface area contributed by atoms with Crippen LogP contribution < -0.4 is 0 Å². The van der Waals surface area contributed by atoms with E-state index in [9.17, 15) is 4.79 Å². The third-order valence-corrected chi connectivity index (χ3v) is 3.88. The summed E-state index contributed by atoms with van der Waals surface area (Å²) < 4.78 is 10.9. The molecule has 3 atom stereocenters. The normalized spacial score (nSPS) is 34.2. The lowest BCUT2D eigenvalue weighted by atomic mass is 9.91. The number of esters is 1. The van der Waals surface area contributed by atoms with Crippen LogP contribution in [-0.4, -0.2) is 25.3 Å². The van der Waals surface area contributed by atoms with Crippen molar-refractivity contribution in [2.24, 2.45) is 5.92 Å². The van der Waals surface area contributed by atoms with Gasteiger partial charge >= 0.3 is 5.97 Å². The molecular formula is C14H16O3. The Bertz CT molecular complexity index is 416. The van der Waals surface area contributed by atoms with Crippen molar-refractivity contribution in [3.8, 4) is 0 Å². The molecule has 1 aromatic rings. The van der Waals surface area contributed by atoms with Crippen LogP contribution in [0.1, 0.15) is 18.9 Å². The Kier molecular flexibility index (Phi) is 2.44. The zero-order chi connectivity index (χ0) is 11.9. The zero-order valence-electron chi connectivity index (χ0n) is 9.89. The molecular weight excluding hydrogens is 216 g/mol. The Morgan fingerprint density at radius 2 is 2.24 bits per heavy atom. The average molecular weight is 232 g/mol. The van der Waals surface area contributed by atoms with E-state index in [4.69, 9.17) is 9.47 Å². The zero-order valence-corrected chi connectivity index (χ0v) is 9.89. The standard InChI is InChI=1S/C14H16O3/c1-2-16-13(15)14(10-6-4-3-5-7-10)11-8-9-17-12(11)14/h3-7,11-12H,2,8-9H2,1H3/t11-,12+,14+/m0/s1. The first-order valence-electron chi connectivity index (χ1n) is 6.16. The van der Waals surface area contributed by atoms with E-state index >= 15 is 0 Å². The van der Waals surface area contributed by atoms with Crippen molar-refractivity contribution < 1.29 is 14.3 Å². The van der Waals surface area contributed by atoms with E-state index in [1.165, 1.54) is 0 Å². The Hall–Kier alpha value is -1.35. The first-order chi connectivity index (χ1) is 8.31. The van der Waals surface area contributed by atoms with Gasteiger partial charge in [-0.1, -0.05) is 30.3 Å². The van der Waals surface area contributed by atoms with Gasteiger partial charge in [-0.25, -0.2) is 0 Å². The summed E-state index contributed by atoms with van der Waals surface area (Å²) in [6.45, 7) is 3.03. The summed E-state index contributed by atoms with van der Waals surface area (Å²) in [5.41, 5.74) is 0.517. The Balaban J connectivity index is 1.97. The Labute approximate surface area is 101 Å². The second-order valence-electron chi connectivity index (χ2n) is 4.64. The fourth-order valence-corrected chi connectivity index (χ4v) is 3.10. The second kappa shape index (κ2) is 3.84. The molecule has 1 saturated carbocycles. The van der Waals surface area contributed by atoms with Gasteiger partial charge in [0.05, 0.1) is 12.7 Å². The SMILES string of the molecule is CCOC(=O)[C@@]1(c2ccccc2)[C@@H]2OCC[C@@H]21. The van der Waals surface area contributed by atoms with Crippen LogP contribution in [0.5, 0.6) is 0 Å². The number of rotatable bonds is 3. The van der Waals surface area contributed by atoms with Crippen LogP contribution in [0, 0.1) is 5.92 Å². The molecule has 1 saturated heterocycles. The molecule has 0 spiro atoms. The highest BCUT2D eigenvalue weighted by molar-refractivity contribution is 5.89. The van der Waals surface area contributed by atoms with Crippen molar-refractivity contribution in [1.29, 1.82) is 0 Å². The van der Waals surface area contributed by atoms with Gasteiger partial charge in [0, 0.05) is 12.5 Å². The van der Waals surface area contributed by atoms with Crippen molar-refractivity contribution in [1.82, 2.24) is 0 Å². The summed E-state index contributed by atoms with van der Waals surface area (Å²) in [5, 5.41) is 0. The second-order valence-corrected chi connectivity index (χ2v) is 4.64. The minimum absolute atomic E-state index is 0.0314. The molecule has 1 aliphatic heterocycles. The molecule has 3 rings (SSSR count). The van der Waals surface area contributed by atoms with E-state index in [0.29, 0.717) is 12.5 Å². The molecule has 0 amide bonds. The fourth-order valence-electron chi connectivity index (χ4n) is 3.10. The highest BCUT2D eigenvalue weighted by atomic mass is 16.5. The van der Waals surface area contributed by atoms with E-state index < -0.39 is 5.41 Å². The van der Waals surface area contributed by atoms with Crippen LogP contribution in [0.3, 0.4) is 0 Å². The van der Waals surface area contributed by atoms with E-state index in [-0.39, 0.29) is 12.1 Å². The molecule has 1 aliphatic carbocycles. The van der Waals surface area contributed by atoms with Crippen LogP contribution in [0.2, 0.25) is 0 Å². The lowest BCUT2D eigenvalue weighted by Crippen LogP contribution is -2.30. The van der Waals surface area contributed by atoms with Crippen molar-refractivity contribution in [2.75, 3.05) is 13.2 Å². The van der Waals surface area contributed by atoms with Gasteiger partial charge < -0.3 is 9.47 Å². The summed E-state index contributed by atoms with van der Waals surface area (Å²) in [4.78, 5) is 12.2. The van der Waals surface area contributed by atoms with Crippen LogP contribution >= 0.6 is 0 Å². The highest BCUT2D eigenvalue weighted by Gasteiger charge is 2.74. The predicted molar refractivity (Wildman–Crippen MR) is 62.6 cm³/mol. The van der Waals surface area contributed by atoms with Crippen LogP contribution in [-0.2, 0) is 19.7 Å². The number of benzene rings is 1. The molecule has 0 unspecified atom stereocenters. The van der Waals surface area contributed by atoms with Gasteiger partial charge in [-0.3, -0.25) is 4.79 Å². The topological polar surface area (TPSA) is 35.5 Å². The fraction of sp³-hybridized carbons (Fsp3) is 0.500. The third-order valence-electron chi connectivity index (χ3n) is 3.88. The molecule has 0 bridgehead atoms. The van der Waals surface area contributed by atoms with Gasteiger partial charge in [0.2, 0.25) is 0 Å². The van der Waals surface area contributed by atoms with Crippen LogP contribution in [0.25, 0.3) is 0 Å². The van der Waals surface area contributed by atoms with Crippen molar-refractivity contribution in [3.05, 3.63) is 35.9 Å². The minimum Gasteiger partial charge on any atom is -0.465 e. The molecule has 0 N–H and O–H groups in total. The van der Waals surface area contributed by atoms with Crippen LogP contribution in [0.4, 0.5) is 0 Å². The molecule has 0 aromatic heterocycles. The van der Waals surface area contributed by atoms with Gasteiger partial charge in [-0.2, -0.15) is 0 Å². The van der Waals surface area contributed by atoms with Gasteiger partial charge in [0.15, 0.2) is 0 Å². The molecule has 3 heteroatoms. The van der Waals surface area contributed by atoms with Gasteiger partial charge in [0.25, 0.3) is 0 Å². The maximum Gasteiger partial charge on any atom is 0.319 e. The summed E-state index contributed by atoms with van der Waals surface area (Å²) in [6.07, 6.45) is 0.988. The lowest BCUT2D eigenvalue weighted by molar-refractivity contribution is -0.148. The molecule has 2 aliphatic rings. The van der Waals surface area contributed by atoms with Crippen molar-refractivity contribution in [3.63, 3.8) is 0 Å². The summed E-state index contributed by atoms with van der Waals surface area (Å²) in [7, 11) is 0. The van der Waals surface area contributed by atoms with Gasteiger partial charge in [0.1, 0.15) is 5.41 Å². The predicted octanol–water partition coefficient (Wildman–Crippen LogP) is 1.91.